The van der Waals surface area contributed by atoms with Crippen molar-refractivity contribution < 1.29 is 27.8 Å². The fraction of sp³-hybridized carbons (Fsp3) is 0.391. The molecule has 0 radical (unpaired) electrons. The van der Waals surface area contributed by atoms with Crippen LogP contribution in [0.15, 0.2) is 36.4 Å². The van der Waals surface area contributed by atoms with E-state index in [2.05, 4.69) is 10.3 Å². The number of nitrogens with one attached hydrogen (secondary N) is 1. The summed E-state index contributed by atoms with van der Waals surface area (Å²) in [4.78, 5) is 15.3. The van der Waals surface area contributed by atoms with Gasteiger partial charge in [0.1, 0.15) is 11.6 Å². The zero-order chi connectivity index (χ0) is 22.7. The summed E-state index contributed by atoms with van der Waals surface area (Å²) in [5.41, 5.74) is 0.474. The van der Waals surface area contributed by atoms with Crippen LogP contribution < -0.4 is 14.8 Å². The van der Waals surface area contributed by atoms with E-state index in [1.54, 1.807) is 12.1 Å². The van der Waals surface area contributed by atoms with Crippen LogP contribution >= 0.6 is 11.3 Å². The molecule has 170 valence electrons. The van der Waals surface area contributed by atoms with Crippen LogP contribution in [-0.2, 0) is 9.53 Å². The van der Waals surface area contributed by atoms with Gasteiger partial charge in [0.05, 0.1) is 29.5 Å². The number of ether oxygens (including phenoxy) is 3. The van der Waals surface area contributed by atoms with E-state index in [9.17, 15) is 13.6 Å². The molecule has 1 aliphatic rings. The minimum Gasteiger partial charge on any atom is -0.490 e. The Kier molecular flexibility index (Phi) is 6.86. The highest BCUT2D eigenvalue weighted by Gasteiger charge is 2.31. The second-order valence-corrected chi connectivity index (χ2v) is 8.93. The lowest BCUT2D eigenvalue weighted by atomic mass is 9.83. The van der Waals surface area contributed by atoms with Crippen molar-refractivity contribution in [1.29, 1.82) is 0 Å². The Morgan fingerprint density at radius 1 is 1.22 bits per heavy atom. The van der Waals surface area contributed by atoms with E-state index in [0.29, 0.717) is 35.1 Å². The first-order valence-corrected chi connectivity index (χ1v) is 11.2. The Hall–Kier alpha value is -2.78. The molecule has 0 saturated heterocycles. The van der Waals surface area contributed by atoms with Crippen LogP contribution in [0.5, 0.6) is 16.7 Å². The Labute approximate surface area is 188 Å². The predicted octanol–water partition coefficient (Wildman–Crippen LogP) is 5.07. The van der Waals surface area contributed by atoms with Crippen molar-refractivity contribution in [2.75, 3.05) is 13.2 Å². The number of amides is 1. The van der Waals surface area contributed by atoms with Gasteiger partial charge in [0.2, 0.25) is 5.91 Å². The van der Waals surface area contributed by atoms with E-state index in [4.69, 9.17) is 14.2 Å². The lowest BCUT2D eigenvalue weighted by molar-refractivity contribution is -0.120. The average molecular weight is 463 g/mol. The highest BCUT2D eigenvalue weighted by Crippen LogP contribution is 2.37. The summed E-state index contributed by atoms with van der Waals surface area (Å²) in [5, 5.41) is 3.06. The summed E-state index contributed by atoms with van der Waals surface area (Å²) in [7, 11) is 0. The quantitative estimate of drug-likeness (QED) is 0.481. The molecule has 1 N–H and O–H groups in total. The van der Waals surface area contributed by atoms with Gasteiger partial charge in [-0.15, -0.1) is 0 Å². The zero-order valence-corrected chi connectivity index (χ0v) is 18.6. The Balaban J connectivity index is 1.28. The summed E-state index contributed by atoms with van der Waals surface area (Å²) in [6, 6.07) is 8.78. The van der Waals surface area contributed by atoms with Crippen LogP contribution in [0.4, 0.5) is 8.78 Å². The molecule has 2 aromatic carbocycles. The van der Waals surface area contributed by atoms with E-state index in [0.717, 1.165) is 24.2 Å². The van der Waals surface area contributed by atoms with Crippen LogP contribution in [0, 0.1) is 17.6 Å². The Morgan fingerprint density at radius 3 is 2.69 bits per heavy atom. The fourth-order valence-electron chi connectivity index (χ4n) is 3.50. The summed E-state index contributed by atoms with van der Waals surface area (Å²) >= 11 is 1.07. The van der Waals surface area contributed by atoms with Crippen LogP contribution in [0.25, 0.3) is 10.2 Å². The number of thiazole rings is 1. The molecule has 0 unspecified atom stereocenters. The number of fused-ring (bicyclic) bond motifs is 1. The molecule has 32 heavy (non-hydrogen) atoms. The monoisotopic (exact) mass is 462 g/mol. The largest absolute Gasteiger partial charge is 0.490 e. The van der Waals surface area contributed by atoms with Crippen molar-refractivity contribution in [3.05, 3.63) is 48.0 Å². The number of benzene rings is 2. The highest BCUT2D eigenvalue weighted by atomic mass is 32.1. The average Bonchev–Trinajstić information content (AvgIpc) is 3.12. The molecule has 0 aliphatic heterocycles. The van der Waals surface area contributed by atoms with Crippen molar-refractivity contribution in [2.24, 2.45) is 5.92 Å². The predicted molar refractivity (Wildman–Crippen MR) is 117 cm³/mol. The van der Waals surface area contributed by atoms with E-state index in [1.165, 1.54) is 31.2 Å². The van der Waals surface area contributed by atoms with Crippen molar-refractivity contribution >= 4 is 27.5 Å². The maximum atomic E-state index is 14.9. The van der Waals surface area contributed by atoms with Gasteiger partial charge in [0.25, 0.3) is 5.19 Å². The van der Waals surface area contributed by atoms with Crippen molar-refractivity contribution in [2.45, 2.75) is 38.8 Å². The van der Waals surface area contributed by atoms with Crippen LogP contribution in [0.2, 0.25) is 0 Å². The minimum atomic E-state index is -0.467. The SMILES string of the molecule is CC(=O)N[C@@H](C)CO[C@H]1C[C@H](COc2ccc3nc(Oc4ccc(F)cc4)sc3c2F)C1. The molecule has 1 saturated carbocycles. The number of halogens is 2. The van der Waals surface area contributed by atoms with Gasteiger partial charge >= 0.3 is 0 Å². The molecule has 1 amide bonds. The summed E-state index contributed by atoms with van der Waals surface area (Å²) < 4.78 is 45.4. The molecular weight excluding hydrogens is 438 g/mol. The van der Waals surface area contributed by atoms with Gasteiger partial charge in [-0.25, -0.2) is 13.8 Å². The topological polar surface area (TPSA) is 69.7 Å². The van der Waals surface area contributed by atoms with Crippen molar-refractivity contribution in [3.63, 3.8) is 0 Å². The van der Waals surface area contributed by atoms with Crippen molar-refractivity contribution in [1.82, 2.24) is 10.3 Å². The summed E-state index contributed by atoms with van der Waals surface area (Å²) in [5.74, 6) is -0.00246. The van der Waals surface area contributed by atoms with Gasteiger partial charge in [0.15, 0.2) is 11.6 Å². The van der Waals surface area contributed by atoms with E-state index >= 15 is 0 Å². The number of carbonyl (C=O) groups excluding carboxylic acids is 1. The lowest BCUT2D eigenvalue weighted by Crippen LogP contribution is -2.40. The molecule has 1 heterocycles. The Bertz CT molecular complexity index is 1080. The lowest BCUT2D eigenvalue weighted by Gasteiger charge is -2.35. The van der Waals surface area contributed by atoms with E-state index < -0.39 is 5.82 Å². The minimum absolute atomic E-state index is 0.0278. The maximum absolute atomic E-state index is 14.9. The van der Waals surface area contributed by atoms with Gasteiger partial charge in [-0.2, -0.15) is 0 Å². The third-order valence-electron chi connectivity index (χ3n) is 5.16. The van der Waals surface area contributed by atoms with Gasteiger partial charge < -0.3 is 19.5 Å². The molecule has 1 atom stereocenters. The molecule has 3 aromatic rings. The number of hydrogen-bond acceptors (Lipinski definition) is 6. The summed E-state index contributed by atoms with van der Waals surface area (Å²) in [6.07, 6.45) is 1.82. The first kappa shape index (κ1) is 22.4. The molecule has 0 spiro atoms. The molecule has 0 bridgehead atoms. The third-order valence-corrected chi connectivity index (χ3v) is 6.10. The molecule has 6 nitrogen and oxygen atoms in total. The second-order valence-electron chi connectivity index (χ2n) is 7.97. The zero-order valence-electron chi connectivity index (χ0n) is 17.8. The van der Waals surface area contributed by atoms with Gasteiger partial charge in [-0.05, 0) is 62.1 Å². The first-order chi connectivity index (χ1) is 15.4. The van der Waals surface area contributed by atoms with Crippen LogP contribution in [0.3, 0.4) is 0 Å². The standard InChI is InChI=1S/C23H24F2N2O4S/c1-13(26-14(2)28)11-29-18-9-15(10-18)12-30-20-8-7-19-22(21(20)25)32-23(27-19)31-17-5-3-16(24)4-6-17/h3-8,13,15,18H,9-12H2,1-2H3,(H,26,28)/t13-,15-,18-/m0/s1. The van der Waals surface area contributed by atoms with Gasteiger partial charge in [0, 0.05) is 13.0 Å². The number of hydrogen-bond donors (Lipinski definition) is 1. The molecular formula is C23H24F2N2O4S. The molecule has 1 aliphatic carbocycles. The van der Waals surface area contributed by atoms with E-state index in [-0.39, 0.29) is 34.8 Å². The Morgan fingerprint density at radius 2 is 1.97 bits per heavy atom. The molecule has 4 rings (SSSR count). The van der Waals surface area contributed by atoms with Gasteiger partial charge in [-0.1, -0.05) is 11.3 Å². The second kappa shape index (κ2) is 9.79. The highest BCUT2D eigenvalue weighted by molar-refractivity contribution is 7.20. The number of nitrogens with zero attached hydrogens (tertiary/aromatic N) is 1. The molecule has 1 aromatic heterocycles. The normalized spacial score (nSPS) is 18.8. The number of carbonyl (C=O) groups is 1. The smallest absolute Gasteiger partial charge is 0.279 e. The number of aromatic nitrogens is 1. The van der Waals surface area contributed by atoms with Crippen LogP contribution in [0.1, 0.15) is 26.7 Å². The molecule has 1 fully saturated rings. The number of rotatable bonds is 9. The fourth-order valence-corrected chi connectivity index (χ4v) is 4.37. The van der Waals surface area contributed by atoms with Gasteiger partial charge in [-0.3, -0.25) is 4.79 Å². The molecule has 9 heteroatoms. The van der Waals surface area contributed by atoms with Crippen LogP contribution in [-0.4, -0.2) is 36.3 Å². The maximum Gasteiger partial charge on any atom is 0.279 e. The van der Waals surface area contributed by atoms with E-state index in [1.807, 2.05) is 6.92 Å². The third kappa shape index (κ3) is 5.52. The van der Waals surface area contributed by atoms with Crippen molar-refractivity contribution in [3.8, 4) is 16.7 Å². The summed E-state index contributed by atoms with van der Waals surface area (Å²) in [6.45, 7) is 4.25. The first-order valence-electron chi connectivity index (χ1n) is 10.4.